The Kier molecular flexibility index (Phi) is 8.62. The molecule has 0 bridgehead atoms. The lowest BCUT2D eigenvalue weighted by Gasteiger charge is -2.32. The van der Waals surface area contributed by atoms with E-state index in [1.54, 1.807) is 0 Å². The maximum absolute atomic E-state index is 13.4. The number of aryl methyl sites for hydroxylation is 3. The SMILES string of the molecule is CCCC(CC1CC(=O)c2c(C)ccc(-c3ccc(C)c(C)c3)c2C1)C(CC)C(=O)CC(C)=O. The first-order valence-corrected chi connectivity index (χ1v) is 12.9. The molecule has 2 aromatic rings. The molecule has 3 nitrogen and oxygen atoms in total. The van der Waals surface area contributed by atoms with Crippen molar-refractivity contribution in [3.63, 3.8) is 0 Å². The van der Waals surface area contributed by atoms with E-state index in [9.17, 15) is 14.4 Å². The normalized spacial score (nSPS) is 17.2. The van der Waals surface area contributed by atoms with E-state index >= 15 is 0 Å². The van der Waals surface area contributed by atoms with E-state index in [4.69, 9.17) is 0 Å². The number of carbonyl (C=O) groups is 3. The number of hydrogen-bond donors (Lipinski definition) is 0. The summed E-state index contributed by atoms with van der Waals surface area (Å²) in [5.74, 6) is 0.584. The van der Waals surface area contributed by atoms with Gasteiger partial charge in [-0.05, 0) is 92.2 Å². The van der Waals surface area contributed by atoms with E-state index in [0.29, 0.717) is 6.42 Å². The van der Waals surface area contributed by atoms with Gasteiger partial charge in [-0.15, -0.1) is 0 Å². The van der Waals surface area contributed by atoms with Crippen LogP contribution < -0.4 is 0 Å². The zero-order valence-electron chi connectivity index (χ0n) is 21.8. The van der Waals surface area contributed by atoms with Crippen LogP contribution in [0.1, 0.15) is 91.9 Å². The number of rotatable bonds is 10. The van der Waals surface area contributed by atoms with Crippen molar-refractivity contribution >= 4 is 17.3 Å². The lowest BCUT2D eigenvalue weighted by molar-refractivity contribution is -0.129. The fourth-order valence-corrected chi connectivity index (χ4v) is 5.92. The summed E-state index contributed by atoms with van der Waals surface area (Å²) in [6.07, 6.45) is 5.00. The van der Waals surface area contributed by atoms with E-state index in [-0.39, 0.29) is 41.5 Å². The number of hydrogen-bond acceptors (Lipinski definition) is 3. The first-order chi connectivity index (χ1) is 16.2. The second-order valence-corrected chi connectivity index (χ2v) is 10.4. The van der Waals surface area contributed by atoms with Gasteiger partial charge in [0.25, 0.3) is 0 Å². The summed E-state index contributed by atoms with van der Waals surface area (Å²) in [7, 11) is 0. The lowest BCUT2D eigenvalue weighted by atomic mass is 9.71. The van der Waals surface area contributed by atoms with Crippen molar-refractivity contribution in [3.05, 3.63) is 58.1 Å². The van der Waals surface area contributed by atoms with Crippen molar-refractivity contribution < 1.29 is 14.4 Å². The van der Waals surface area contributed by atoms with Crippen molar-refractivity contribution in [1.82, 2.24) is 0 Å². The summed E-state index contributed by atoms with van der Waals surface area (Å²) in [6, 6.07) is 10.8. The zero-order chi connectivity index (χ0) is 25.0. The van der Waals surface area contributed by atoms with Crippen LogP contribution in [-0.2, 0) is 16.0 Å². The minimum absolute atomic E-state index is 0.0290. The molecule has 1 aliphatic carbocycles. The largest absolute Gasteiger partial charge is 0.300 e. The Labute approximate surface area is 205 Å². The molecule has 3 heteroatoms. The van der Waals surface area contributed by atoms with Gasteiger partial charge in [0.2, 0.25) is 0 Å². The highest BCUT2D eigenvalue weighted by Crippen LogP contribution is 2.40. The summed E-state index contributed by atoms with van der Waals surface area (Å²) in [5, 5.41) is 0. The highest BCUT2D eigenvalue weighted by atomic mass is 16.1. The maximum atomic E-state index is 13.4. The van der Waals surface area contributed by atoms with Crippen molar-refractivity contribution in [2.75, 3.05) is 0 Å². The molecule has 3 rings (SSSR count). The van der Waals surface area contributed by atoms with E-state index in [1.807, 2.05) is 13.8 Å². The molecular weight excluding hydrogens is 420 g/mol. The molecule has 0 spiro atoms. The van der Waals surface area contributed by atoms with Crippen LogP contribution in [0.25, 0.3) is 11.1 Å². The standard InChI is InChI=1S/C31H40O3/c1-7-9-24(26(8-2)29(33)15-22(6)32)16-23-17-28-27(25-12-10-19(3)21(5)14-25)13-11-20(4)31(28)30(34)18-23/h10-14,23-24,26H,7-9,15-18H2,1-6H3. The van der Waals surface area contributed by atoms with Gasteiger partial charge in [-0.1, -0.05) is 57.0 Å². The summed E-state index contributed by atoms with van der Waals surface area (Å²) in [5.41, 5.74) is 7.97. The van der Waals surface area contributed by atoms with E-state index < -0.39 is 0 Å². The Morgan fingerprint density at radius 2 is 1.68 bits per heavy atom. The average molecular weight is 461 g/mol. The molecule has 1 aliphatic rings. The number of Topliss-reactive ketones (excluding diaryl/α,β-unsaturated/α-hetero) is 3. The maximum Gasteiger partial charge on any atom is 0.163 e. The van der Waals surface area contributed by atoms with Crippen LogP contribution in [0.5, 0.6) is 0 Å². The Hall–Kier alpha value is -2.55. The first-order valence-electron chi connectivity index (χ1n) is 12.9. The van der Waals surface area contributed by atoms with E-state index in [1.165, 1.54) is 29.2 Å². The van der Waals surface area contributed by atoms with Gasteiger partial charge in [-0.25, -0.2) is 0 Å². The van der Waals surface area contributed by atoms with Crippen LogP contribution in [0.3, 0.4) is 0 Å². The van der Waals surface area contributed by atoms with Crippen LogP contribution in [0.2, 0.25) is 0 Å². The molecule has 0 saturated carbocycles. The molecule has 182 valence electrons. The van der Waals surface area contributed by atoms with Crippen LogP contribution in [0.4, 0.5) is 0 Å². The Bertz CT molecular complexity index is 1080. The molecule has 3 atom stereocenters. The molecule has 0 amide bonds. The van der Waals surface area contributed by atoms with E-state index in [0.717, 1.165) is 48.8 Å². The lowest BCUT2D eigenvalue weighted by Crippen LogP contribution is -2.30. The summed E-state index contributed by atoms with van der Waals surface area (Å²) < 4.78 is 0. The van der Waals surface area contributed by atoms with Crippen LogP contribution in [0.15, 0.2) is 30.3 Å². The predicted octanol–water partition coefficient (Wildman–Crippen LogP) is 7.40. The van der Waals surface area contributed by atoms with E-state index in [2.05, 4.69) is 51.1 Å². The van der Waals surface area contributed by atoms with Gasteiger partial charge in [0.15, 0.2) is 5.78 Å². The summed E-state index contributed by atoms with van der Waals surface area (Å²) in [6.45, 7) is 12.0. The first kappa shape index (κ1) is 26.1. The van der Waals surface area contributed by atoms with Crippen LogP contribution in [-0.4, -0.2) is 17.3 Å². The third-order valence-electron chi connectivity index (χ3n) is 7.73. The molecular formula is C31H40O3. The second-order valence-electron chi connectivity index (χ2n) is 10.4. The Morgan fingerprint density at radius 1 is 0.971 bits per heavy atom. The predicted molar refractivity (Wildman–Crippen MR) is 139 cm³/mol. The zero-order valence-corrected chi connectivity index (χ0v) is 21.8. The highest BCUT2D eigenvalue weighted by Gasteiger charge is 2.34. The molecule has 0 saturated heterocycles. The second kappa shape index (κ2) is 11.3. The minimum Gasteiger partial charge on any atom is -0.300 e. The van der Waals surface area contributed by atoms with Crippen molar-refractivity contribution in [2.45, 2.75) is 86.5 Å². The van der Waals surface area contributed by atoms with Gasteiger partial charge in [-0.3, -0.25) is 14.4 Å². The van der Waals surface area contributed by atoms with Gasteiger partial charge in [0.05, 0.1) is 6.42 Å². The molecule has 0 N–H and O–H groups in total. The number of fused-ring (bicyclic) bond motifs is 1. The van der Waals surface area contributed by atoms with Gasteiger partial charge >= 0.3 is 0 Å². The molecule has 0 radical (unpaired) electrons. The van der Waals surface area contributed by atoms with Crippen molar-refractivity contribution in [2.24, 2.45) is 17.8 Å². The molecule has 2 aromatic carbocycles. The minimum atomic E-state index is -0.0999. The third kappa shape index (κ3) is 5.74. The molecule has 0 fully saturated rings. The number of carbonyl (C=O) groups excluding carboxylic acids is 3. The average Bonchev–Trinajstić information content (AvgIpc) is 2.76. The Balaban J connectivity index is 1.94. The monoisotopic (exact) mass is 460 g/mol. The topological polar surface area (TPSA) is 51.2 Å². The molecule has 34 heavy (non-hydrogen) atoms. The summed E-state index contributed by atoms with van der Waals surface area (Å²) >= 11 is 0. The molecule has 0 heterocycles. The van der Waals surface area contributed by atoms with Gasteiger partial charge in [0, 0.05) is 17.9 Å². The fraction of sp³-hybridized carbons (Fsp3) is 0.516. The summed E-state index contributed by atoms with van der Waals surface area (Å²) in [4.78, 5) is 37.8. The quantitative estimate of drug-likeness (QED) is 0.347. The Morgan fingerprint density at radius 3 is 2.29 bits per heavy atom. The van der Waals surface area contributed by atoms with Crippen LogP contribution >= 0.6 is 0 Å². The fourth-order valence-electron chi connectivity index (χ4n) is 5.92. The number of benzene rings is 2. The van der Waals surface area contributed by atoms with Crippen molar-refractivity contribution in [3.8, 4) is 11.1 Å². The third-order valence-corrected chi connectivity index (χ3v) is 7.73. The smallest absolute Gasteiger partial charge is 0.163 e. The molecule has 0 aliphatic heterocycles. The highest BCUT2D eigenvalue weighted by molar-refractivity contribution is 6.02. The van der Waals surface area contributed by atoms with Gasteiger partial charge in [-0.2, -0.15) is 0 Å². The van der Waals surface area contributed by atoms with Gasteiger partial charge < -0.3 is 0 Å². The van der Waals surface area contributed by atoms with Gasteiger partial charge in [0.1, 0.15) is 11.6 Å². The molecule has 3 unspecified atom stereocenters. The molecule has 0 aromatic heterocycles. The van der Waals surface area contributed by atoms with Crippen molar-refractivity contribution in [1.29, 1.82) is 0 Å². The number of ketones is 3. The van der Waals surface area contributed by atoms with Crippen LogP contribution in [0, 0.1) is 38.5 Å².